The lowest BCUT2D eigenvalue weighted by molar-refractivity contribution is 0.305. The van der Waals surface area contributed by atoms with Crippen LogP contribution in [0.5, 0.6) is 0 Å². The number of hydrogen-bond donors (Lipinski definition) is 2. The van der Waals surface area contributed by atoms with Gasteiger partial charge in [0.05, 0.1) is 18.4 Å². The minimum atomic E-state index is -3.70. The molecule has 0 aliphatic rings. The van der Waals surface area contributed by atoms with Crippen LogP contribution in [0, 0.1) is 30.1 Å². The van der Waals surface area contributed by atoms with Crippen LogP contribution in [-0.4, -0.2) is 25.4 Å². The molecule has 20 heavy (non-hydrogen) atoms. The van der Waals surface area contributed by atoms with Crippen LogP contribution in [0.25, 0.3) is 0 Å². The molecule has 0 amide bonds. The molecule has 0 fully saturated rings. The van der Waals surface area contributed by atoms with Gasteiger partial charge in [-0.15, -0.1) is 0 Å². The van der Waals surface area contributed by atoms with Gasteiger partial charge in [0.2, 0.25) is 10.0 Å². The van der Waals surface area contributed by atoms with E-state index < -0.39 is 15.3 Å². The number of sulfonamides is 1. The number of nitrogens with zero attached hydrogens (tertiary/aromatic N) is 1. The normalized spacial score (nSPS) is 11.9. The van der Waals surface area contributed by atoms with Crippen LogP contribution in [0.4, 0.5) is 5.69 Å². The monoisotopic (exact) mass is 292 g/mol. The topological polar surface area (TPSA) is 90.2 Å². The lowest BCUT2D eigenvalue weighted by Crippen LogP contribution is -2.24. The van der Waals surface area contributed by atoms with Crippen LogP contribution in [0.15, 0.2) is 18.2 Å². The van der Waals surface area contributed by atoms with Crippen molar-refractivity contribution in [3.05, 3.63) is 29.3 Å². The van der Waals surface area contributed by atoms with Gasteiger partial charge in [-0.2, -0.15) is 5.26 Å². The molecule has 0 aliphatic carbocycles. The van der Waals surface area contributed by atoms with E-state index in [1.54, 1.807) is 31.2 Å². The maximum atomic E-state index is 11.8. The second-order valence-electron chi connectivity index (χ2n) is 4.22. The number of nitrogens with one attached hydrogen (secondary N) is 1. The summed E-state index contributed by atoms with van der Waals surface area (Å²) in [5, 5.41) is 16.2. The molecule has 0 spiro atoms. The highest BCUT2D eigenvalue weighted by atomic mass is 32.2. The molecule has 5 nitrogen and oxygen atoms in total. The summed E-state index contributed by atoms with van der Waals surface area (Å²) in [5.41, 5.74) is 1.89. The Morgan fingerprint density at radius 2 is 2.15 bits per heavy atom. The summed E-state index contributed by atoms with van der Waals surface area (Å²) in [7, 11) is -3.70. The van der Waals surface area contributed by atoms with E-state index in [9.17, 15) is 8.42 Å². The number of aliphatic hydroxyl groups is 1. The van der Waals surface area contributed by atoms with E-state index in [2.05, 4.69) is 16.6 Å². The zero-order valence-electron chi connectivity index (χ0n) is 11.3. The summed E-state index contributed by atoms with van der Waals surface area (Å²) < 4.78 is 26.0. The molecule has 106 valence electrons. The average molecular weight is 292 g/mol. The molecule has 1 aromatic carbocycles. The first-order chi connectivity index (χ1) is 9.40. The zero-order chi connectivity index (χ0) is 15.2. The maximum absolute atomic E-state index is 11.8. The highest BCUT2D eigenvalue weighted by Crippen LogP contribution is 2.18. The van der Waals surface area contributed by atoms with Crippen molar-refractivity contribution in [2.24, 2.45) is 0 Å². The van der Waals surface area contributed by atoms with Gasteiger partial charge < -0.3 is 5.11 Å². The lowest BCUT2D eigenvalue weighted by Gasteiger charge is -2.11. The van der Waals surface area contributed by atoms with Gasteiger partial charge in [0.1, 0.15) is 0 Å². The standard InChI is InChI=1S/C14H16N2O3S/c1-11-9-13(5-3-4-8-17)6-7-14(11)16-20(18,19)12(2)10-15/h6-7,9,12,16-17H,4,8H2,1-2H3. The smallest absolute Gasteiger partial charge is 0.248 e. The largest absolute Gasteiger partial charge is 0.395 e. The summed E-state index contributed by atoms with van der Waals surface area (Å²) >= 11 is 0. The van der Waals surface area contributed by atoms with E-state index in [1.165, 1.54) is 6.92 Å². The molecular weight excluding hydrogens is 276 g/mol. The Balaban J connectivity index is 2.96. The molecule has 2 N–H and O–H groups in total. The van der Waals surface area contributed by atoms with Gasteiger partial charge in [-0.05, 0) is 37.6 Å². The molecule has 0 aliphatic heterocycles. The number of benzene rings is 1. The summed E-state index contributed by atoms with van der Waals surface area (Å²) in [6.07, 6.45) is 0.396. The molecule has 0 saturated heterocycles. The Bertz CT molecular complexity index is 679. The molecule has 0 bridgehead atoms. The van der Waals surface area contributed by atoms with Crippen molar-refractivity contribution in [1.29, 1.82) is 5.26 Å². The number of rotatable bonds is 4. The minimum absolute atomic E-state index is 0.00983. The number of aliphatic hydroxyl groups excluding tert-OH is 1. The van der Waals surface area contributed by atoms with Crippen molar-refractivity contribution in [2.75, 3.05) is 11.3 Å². The summed E-state index contributed by atoms with van der Waals surface area (Å²) in [4.78, 5) is 0. The fourth-order valence-electron chi connectivity index (χ4n) is 1.39. The Labute approximate surface area is 119 Å². The Morgan fingerprint density at radius 3 is 2.70 bits per heavy atom. The zero-order valence-corrected chi connectivity index (χ0v) is 12.2. The molecule has 1 rings (SSSR count). The fourth-order valence-corrected chi connectivity index (χ4v) is 2.24. The van der Waals surface area contributed by atoms with Gasteiger partial charge in [-0.25, -0.2) is 8.42 Å². The first kappa shape index (κ1) is 16.0. The molecule has 0 aromatic heterocycles. The van der Waals surface area contributed by atoms with Crippen LogP contribution < -0.4 is 4.72 Å². The second-order valence-corrected chi connectivity index (χ2v) is 6.22. The number of nitriles is 1. The second kappa shape index (κ2) is 6.95. The van der Waals surface area contributed by atoms with Gasteiger partial charge in [0.25, 0.3) is 0 Å². The van der Waals surface area contributed by atoms with Crippen molar-refractivity contribution in [1.82, 2.24) is 0 Å². The van der Waals surface area contributed by atoms with Crippen LogP contribution >= 0.6 is 0 Å². The molecule has 1 aromatic rings. The Morgan fingerprint density at radius 1 is 1.45 bits per heavy atom. The molecule has 0 heterocycles. The van der Waals surface area contributed by atoms with Gasteiger partial charge in [0.15, 0.2) is 5.25 Å². The van der Waals surface area contributed by atoms with Gasteiger partial charge in [-0.1, -0.05) is 11.8 Å². The predicted octanol–water partition coefficient (Wildman–Crippen LogP) is 1.38. The Kier molecular flexibility index (Phi) is 5.57. The lowest BCUT2D eigenvalue weighted by atomic mass is 10.1. The van der Waals surface area contributed by atoms with E-state index >= 15 is 0 Å². The molecular formula is C14H16N2O3S. The highest BCUT2D eigenvalue weighted by Gasteiger charge is 2.20. The van der Waals surface area contributed by atoms with Crippen LogP contribution in [0.1, 0.15) is 24.5 Å². The van der Waals surface area contributed by atoms with Crippen molar-refractivity contribution in [2.45, 2.75) is 25.5 Å². The predicted molar refractivity (Wildman–Crippen MR) is 77.4 cm³/mol. The van der Waals surface area contributed by atoms with Crippen LogP contribution in [-0.2, 0) is 10.0 Å². The van der Waals surface area contributed by atoms with Crippen LogP contribution in [0.3, 0.4) is 0 Å². The molecule has 1 atom stereocenters. The summed E-state index contributed by atoms with van der Waals surface area (Å²) in [6, 6.07) is 6.74. The SMILES string of the molecule is Cc1cc(C#CCCO)ccc1NS(=O)(=O)C(C)C#N. The van der Waals surface area contributed by atoms with E-state index in [0.29, 0.717) is 12.1 Å². The molecule has 0 radical (unpaired) electrons. The third kappa shape index (κ3) is 4.27. The first-order valence-electron chi connectivity index (χ1n) is 6.02. The third-order valence-corrected chi connectivity index (χ3v) is 4.14. The van der Waals surface area contributed by atoms with E-state index in [-0.39, 0.29) is 6.61 Å². The molecule has 0 saturated carbocycles. The van der Waals surface area contributed by atoms with Crippen molar-refractivity contribution < 1.29 is 13.5 Å². The highest BCUT2D eigenvalue weighted by molar-refractivity contribution is 7.93. The van der Waals surface area contributed by atoms with Crippen molar-refractivity contribution in [3.8, 4) is 17.9 Å². The summed E-state index contributed by atoms with van der Waals surface area (Å²) in [6.45, 7) is 3.09. The average Bonchev–Trinajstić information content (AvgIpc) is 2.41. The van der Waals surface area contributed by atoms with E-state index in [1.807, 2.05) is 0 Å². The van der Waals surface area contributed by atoms with Crippen molar-refractivity contribution in [3.63, 3.8) is 0 Å². The van der Waals surface area contributed by atoms with Crippen LogP contribution in [0.2, 0.25) is 0 Å². The number of anilines is 1. The maximum Gasteiger partial charge on any atom is 0.248 e. The molecule has 6 heteroatoms. The number of hydrogen-bond acceptors (Lipinski definition) is 4. The fraction of sp³-hybridized carbons (Fsp3) is 0.357. The van der Waals surface area contributed by atoms with E-state index in [0.717, 1.165) is 11.1 Å². The van der Waals surface area contributed by atoms with Gasteiger partial charge >= 0.3 is 0 Å². The molecule has 1 unspecified atom stereocenters. The van der Waals surface area contributed by atoms with Gasteiger partial charge in [-0.3, -0.25) is 4.72 Å². The van der Waals surface area contributed by atoms with E-state index in [4.69, 9.17) is 10.4 Å². The van der Waals surface area contributed by atoms with Gasteiger partial charge in [0, 0.05) is 12.0 Å². The quantitative estimate of drug-likeness (QED) is 0.820. The van der Waals surface area contributed by atoms with Crippen molar-refractivity contribution >= 4 is 15.7 Å². The Hall–Kier alpha value is -2.02. The minimum Gasteiger partial charge on any atom is -0.395 e. The summed E-state index contributed by atoms with van der Waals surface area (Å²) in [5.74, 6) is 5.66. The third-order valence-electron chi connectivity index (χ3n) is 2.60. The first-order valence-corrected chi connectivity index (χ1v) is 7.57. The number of aryl methyl sites for hydroxylation is 1.